The monoisotopic (exact) mass is 718 g/mol. The third kappa shape index (κ3) is 9.82. The molecule has 1 N–H and O–H groups in total. The van der Waals surface area contributed by atoms with Crippen molar-refractivity contribution in [2.45, 2.75) is 20.8 Å². The summed E-state index contributed by atoms with van der Waals surface area (Å²) < 4.78 is 52.0. The fraction of sp³-hybridized carbons (Fsp3) is 0.107. The first-order chi connectivity index (χ1) is 18.2. The first-order valence-corrected chi connectivity index (χ1v) is 13.9. The summed E-state index contributed by atoms with van der Waals surface area (Å²) in [6.45, 7) is 5.68. The Morgan fingerprint density at radius 1 is 0.684 bits per heavy atom. The molecule has 0 unspecified atom stereocenters. The Labute approximate surface area is 233 Å². The summed E-state index contributed by atoms with van der Waals surface area (Å²) in [5.41, 5.74) is 3.26. The van der Waals surface area contributed by atoms with Crippen molar-refractivity contribution in [2.75, 3.05) is 0 Å². The van der Waals surface area contributed by atoms with Gasteiger partial charge in [-0.25, -0.2) is 4.98 Å². The molecular formula is C28H22ClF4IrN4. The molecule has 2 aromatic carbocycles. The van der Waals surface area contributed by atoms with Crippen molar-refractivity contribution >= 4 is 9.58 Å². The minimum atomic E-state index is -0.645. The second-order valence-electron chi connectivity index (χ2n) is 7.69. The number of rotatable bonds is 2. The summed E-state index contributed by atoms with van der Waals surface area (Å²) >= 11 is 1.47. The molecule has 0 aliphatic carbocycles. The van der Waals surface area contributed by atoms with Gasteiger partial charge in [-0.1, -0.05) is 46.5 Å². The molecule has 0 amide bonds. The average Bonchev–Trinajstić information content (AvgIpc) is 3.37. The van der Waals surface area contributed by atoms with E-state index >= 15 is 0 Å². The second-order valence-corrected chi connectivity index (χ2v) is 7.69. The van der Waals surface area contributed by atoms with Crippen molar-refractivity contribution in [2.24, 2.45) is 0 Å². The van der Waals surface area contributed by atoms with E-state index in [-0.39, 0.29) is 11.1 Å². The average molecular weight is 718 g/mol. The molecule has 0 bridgehead atoms. The molecule has 5 aromatic rings. The summed E-state index contributed by atoms with van der Waals surface area (Å²) in [6, 6.07) is 16.0. The van der Waals surface area contributed by atoms with Crippen molar-refractivity contribution in [3.63, 3.8) is 0 Å². The Morgan fingerprint density at radius 2 is 1.13 bits per heavy atom. The van der Waals surface area contributed by atoms with Gasteiger partial charge >= 0.3 is 27.5 Å². The molecule has 4 nitrogen and oxygen atoms in total. The van der Waals surface area contributed by atoms with Crippen molar-refractivity contribution in [1.29, 1.82) is 0 Å². The number of aromatic nitrogens is 4. The Kier molecular flexibility index (Phi) is 12.8. The van der Waals surface area contributed by atoms with E-state index in [4.69, 9.17) is 0 Å². The molecule has 3 aromatic heterocycles. The zero-order chi connectivity index (χ0) is 28.1. The van der Waals surface area contributed by atoms with Crippen molar-refractivity contribution in [1.82, 2.24) is 19.9 Å². The Hall–Kier alpha value is -3.39. The molecule has 0 saturated carbocycles. The van der Waals surface area contributed by atoms with Crippen LogP contribution in [0.1, 0.15) is 17.0 Å². The third-order valence-electron chi connectivity index (χ3n) is 4.69. The molecule has 38 heavy (non-hydrogen) atoms. The number of hydrogen-bond donors (Lipinski definition) is 1. The molecule has 0 saturated heterocycles. The first-order valence-electron chi connectivity index (χ1n) is 10.9. The van der Waals surface area contributed by atoms with Gasteiger partial charge in [0.1, 0.15) is 5.82 Å². The van der Waals surface area contributed by atoms with Crippen LogP contribution in [0, 0.1) is 56.2 Å². The number of H-pyrrole nitrogens is 1. The fourth-order valence-corrected chi connectivity index (χ4v) is 2.97. The normalized spacial score (nSPS) is 9.71. The van der Waals surface area contributed by atoms with E-state index in [9.17, 15) is 17.6 Å². The van der Waals surface area contributed by atoms with E-state index in [0.29, 0.717) is 11.4 Å². The van der Waals surface area contributed by atoms with Crippen LogP contribution in [-0.4, -0.2) is 19.9 Å². The third-order valence-corrected chi connectivity index (χ3v) is 4.69. The van der Waals surface area contributed by atoms with Gasteiger partial charge in [-0.05, 0) is 44.3 Å². The van der Waals surface area contributed by atoms with Gasteiger partial charge in [0, 0.05) is 48.1 Å². The molecule has 0 spiro atoms. The molecule has 3 heterocycles. The van der Waals surface area contributed by atoms with Gasteiger partial charge in [-0.15, -0.1) is 24.3 Å². The van der Waals surface area contributed by atoms with Crippen LogP contribution in [0.15, 0.2) is 73.3 Å². The fourth-order valence-electron chi connectivity index (χ4n) is 2.97. The molecule has 0 atom stereocenters. The van der Waals surface area contributed by atoms with Crippen LogP contribution in [0.5, 0.6) is 0 Å². The van der Waals surface area contributed by atoms with Gasteiger partial charge in [0.15, 0.2) is 0 Å². The van der Waals surface area contributed by atoms with Crippen LogP contribution in [-0.2, 0) is 17.9 Å². The van der Waals surface area contributed by atoms with Crippen LogP contribution >= 0.6 is 9.58 Å². The van der Waals surface area contributed by atoms with E-state index in [2.05, 4.69) is 41.7 Å². The molecule has 5 rings (SSSR count). The molecule has 0 radical (unpaired) electrons. The predicted octanol–water partition coefficient (Wildman–Crippen LogP) is 7.68. The number of nitrogens with zero attached hydrogens (tertiary/aromatic N) is 3. The van der Waals surface area contributed by atoms with Gasteiger partial charge in [-0.2, -0.15) is 0 Å². The number of nitrogens with one attached hydrogen (secondary N) is 1. The summed E-state index contributed by atoms with van der Waals surface area (Å²) in [7, 11) is 4.64. The summed E-state index contributed by atoms with van der Waals surface area (Å²) in [6.07, 6.45) is 6.70. The van der Waals surface area contributed by atoms with Crippen molar-refractivity contribution < 1.29 is 35.5 Å². The van der Waals surface area contributed by atoms with Crippen LogP contribution in [0.3, 0.4) is 0 Å². The molecule has 10 heteroatoms. The first kappa shape index (κ1) is 30.8. The minimum absolute atomic E-state index is 0.195. The van der Waals surface area contributed by atoms with Crippen LogP contribution < -0.4 is 0 Å². The number of imidazole rings is 1. The van der Waals surface area contributed by atoms with E-state index in [0.717, 1.165) is 41.2 Å². The number of halogens is 5. The zero-order valence-electron chi connectivity index (χ0n) is 20.5. The topological polar surface area (TPSA) is 54.5 Å². The number of aromatic amines is 1. The second kappa shape index (κ2) is 15.8. The van der Waals surface area contributed by atoms with Crippen LogP contribution in [0.2, 0.25) is 0 Å². The summed E-state index contributed by atoms with van der Waals surface area (Å²) in [5.74, 6) is -1.59. The van der Waals surface area contributed by atoms with Gasteiger partial charge in [0.2, 0.25) is 0 Å². The molecule has 0 aliphatic heterocycles. The van der Waals surface area contributed by atoms with E-state index in [1.807, 2.05) is 32.9 Å². The van der Waals surface area contributed by atoms with Gasteiger partial charge in [-0.3, -0.25) is 17.6 Å². The van der Waals surface area contributed by atoms with Gasteiger partial charge in [0.25, 0.3) is 0 Å². The summed E-state index contributed by atoms with van der Waals surface area (Å²) in [4.78, 5) is 14.8. The van der Waals surface area contributed by atoms with Crippen LogP contribution in [0.25, 0.3) is 22.5 Å². The number of benzene rings is 2. The number of hydrogen-bond acceptors (Lipinski definition) is 3. The van der Waals surface area contributed by atoms with E-state index in [1.54, 1.807) is 36.9 Å². The van der Waals surface area contributed by atoms with Crippen molar-refractivity contribution in [3.05, 3.63) is 126 Å². The Morgan fingerprint density at radius 3 is 1.42 bits per heavy atom. The molecule has 0 fully saturated rings. The molecular weight excluding hydrogens is 696 g/mol. The van der Waals surface area contributed by atoms with Gasteiger partial charge < -0.3 is 15.0 Å². The Bertz CT molecular complexity index is 1340. The van der Waals surface area contributed by atoms with E-state index < -0.39 is 23.3 Å². The molecule has 0 aliphatic rings. The maximum atomic E-state index is 13.4. The van der Waals surface area contributed by atoms with Crippen LogP contribution in [0.4, 0.5) is 17.6 Å². The SMILES string of the molecule is Cc1ccnc(-c2[c-]cc(F)cc2F)c1.Cc1ccnc(-c2[c-]cc(F)cc2F)c1.Cc1ncc[nH]1.[Cl][Ir+2]. The summed E-state index contributed by atoms with van der Waals surface area (Å²) in [5, 5.41) is 0. The van der Waals surface area contributed by atoms with E-state index in [1.165, 1.54) is 17.9 Å². The number of aryl methyl sites for hydroxylation is 3. The quantitative estimate of drug-likeness (QED) is 0.151. The maximum absolute atomic E-state index is 13.4. The van der Waals surface area contributed by atoms with Gasteiger partial charge in [0.05, 0.1) is 0 Å². The zero-order valence-corrected chi connectivity index (χ0v) is 23.6. The predicted molar refractivity (Wildman–Crippen MR) is 136 cm³/mol. The van der Waals surface area contributed by atoms with Crippen molar-refractivity contribution in [3.8, 4) is 22.5 Å². The Balaban J connectivity index is 0.000000209. The molecule has 198 valence electrons. The number of pyridine rings is 2. The standard InChI is InChI=1S/2C12H8F2N.C4H6N2.ClH.Ir/c2*1-8-4-5-15-12(6-8)10-3-2-9(13)7-11(10)14;1-4-5-2-3-6-4;;/h2*2,4-7H,1H3;2-3H,1H3,(H,5,6);1H;/q2*-1;;;+3/p-1.